The normalized spacial score (nSPS) is 16.1. The van der Waals surface area contributed by atoms with Crippen LogP contribution in [-0.2, 0) is 16.4 Å². The lowest BCUT2D eigenvalue weighted by Gasteiger charge is -2.16. The number of amides is 1. The predicted octanol–water partition coefficient (Wildman–Crippen LogP) is 4.19. The van der Waals surface area contributed by atoms with Crippen LogP contribution in [0.3, 0.4) is 0 Å². The molecule has 1 aliphatic carbocycles. The number of sulfonamides is 1. The summed E-state index contributed by atoms with van der Waals surface area (Å²) < 4.78 is 54.4. The van der Waals surface area contributed by atoms with Gasteiger partial charge in [-0.15, -0.1) is 0 Å². The molecule has 0 aliphatic heterocycles. The topological polar surface area (TPSA) is 75.3 Å². The zero-order valence-corrected chi connectivity index (χ0v) is 16.6. The van der Waals surface area contributed by atoms with Gasteiger partial charge in [0, 0.05) is 16.8 Å². The number of carbonyl (C=O) groups excluding carboxylic acids is 1. The lowest BCUT2D eigenvalue weighted by molar-refractivity contribution is 0.102. The van der Waals surface area contributed by atoms with Crippen molar-refractivity contribution < 1.29 is 22.0 Å². The van der Waals surface area contributed by atoms with E-state index in [-0.39, 0.29) is 21.9 Å². The van der Waals surface area contributed by atoms with Crippen LogP contribution in [0, 0.1) is 11.6 Å². The highest BCUT2D eigenvalue weighted by molar-refractivity contribution is 7.89. The van der Waals surface area contributed by atoms with E-state index in [0.717, 1.165) is 12.1 Å². The molecule has 1 amide bonds. The number of hydrogen-bond acceptors (Lipinski definition) is 3. The molecule has 3 rings (SSSR count). The monoisotopic (exact) mass is 428 g/mol. The molecule has 0 radical (unpaired) electrons. The first-order valence-corrected chi connectivity index (χ1v) is 10.8. The Morgan fingerprint density at radius 1 is 1.21 bits per heavy atom. The first-order chi connectivity index (χ1) is 13.2. The summed E-state index contributed by atoms with van der Waals surface area (Å²) in [7, 11) is -3.53. The second-order valence-electron chi connectivity index (χ2n) is 6.60. The molecule has 2 aromatic carbocycles. The van der Waals surface area contributed by atoms with Gasteiger partial charge in [0.2, 0.25) is 10.0 Å². The number of rotatable bonds is 6. The van der Waals surface area contributed by atoms with Crippen molar-refractivity contribution in [3.63, 3.8) is 0 Å². The Morgan fingerprint density at radius 2 is 1.93 bits per heavy atom. The molecule has 2 aromatic rings. The van der Waals surface area contributed by atoms with Gasteiger partial charge < -0.3 is 5.32 Å². The van der Waals surface area contributed by atoms with Crippen molar-refractivity contribution in [2.45, 2.75) is 32.2 Å². The minimum atomic E-state index is -3.53. The number of carbonyl (C=O) groups is 1. The Balaban J connectivity index is 1.88. The van der Waals surface area contributed by atoms with E-state index in [0.29, 0.717) is 30.5 Å². The third-order valence-electron chi connectivity index (χ3n) is 4.55. The molecule has 0 aromatic heterocycles. The molecule has 0 saturated carbocycles. The van der Waals surface area contributed by atoms with Gasteiger partial charge in [0.05, 0.1) is 16.8 Å². The molecular weight excluding hydrogens is 410 g/mol. The fourth-order valence-corrected chi connectivity index (χ4v) is 4.87. The number of nitrogens with one attached hydrogen (secondary N) is 2. The van der Waals surface area contributed by atoms with E-state index in [9.17, 15) is 22.0 Å². The minimum absolute atomic E-state index is 0.0496. The average Bonchev–Trinajstić information content (AvgIpc) is 3.02. The van der Waals surface area contributed by atoms with Crippen LogP contribution in [0.4, 0.5) is 14.5 Å². The summed E-state index contributed by atoms with van der Waals surface area (Å²) in [6, 6.07) is 5.57. The van der Waals surface area contributed by atoms with E-state index >= 15 is 0 Å². The fraction of sp³-hybridized carbons (Fsp3) is 0.316. The van der Waals surface area contributed by atoms with Crippen molar-refractivity contribution in [1.82, 2.24) is 4.72 Å². The van der Waals surface area contributed by atoms with Crippen molar-refractivity contribution in [3.05, 3.63) is 63.7 Å². The summed E-state index contributed by atoms with van der Waals surface area (Å²) in [6.45, 7) is 1.74. The SMILES string of the molecule is CCCS(=O)(=O)N[C@H]1CCc2c(C(=O)Nc3ccc(F)c(Cl)c3)ccc(F)c21. The molecule has 0 heterocycles. The Bertz CT molecular complexity index is 1030. The summed E-state index contributed by atoms with van der Waals surface area (Å²) in [4.78, 5) is 12.7. The van der Waals surface area contributed by atoms with Crippen LogP contribution in [0.25, 0.3) is 0 Å². The number of halogens is 3. The van der Waals surface area contributed by atoms with Gasteiger partial charge in [-0.05, 0) is 55.2 Å². The molecule has 1 aliphatic rings. The first kappa shape index (κ1) is 20.7. The Hall–Kier alpha value is -2.03. The zero-order valence-electron chi connectivity index (χ0n) is 15.1. The van der Waals surface area contributed by atoms with Crippen LogP contribution in [0.15, 0.2) is 30.3 Å². The van der Waals surface area contributed by atoms with Gasteiger partial charge >= 0.3 is 0 Å². The van der Waals surface area contributed by atoms with Crippen LogP contribution in [0.2, 0.25) is 5.02 Å². The third kappa shape index (κ3) is 4.34. The minimum Gasteiger partial charge on any atom is -0.322 e. The highest BCUT2D eigenvalue weighted by atomic mass is 35.5. The fourth-order valence-electron chi connectivity index (χ4n) is 3.36. The van der Waals surface area contributed by atoms with Gasteiger partial charge in [-0.1, -0.05) is 18.5 Å². The lowest BCUT2D eigenvalue weighted by atomic mass is 10.0. The van der Waals surface area contributed by atoms with Crippen molar-refractivity contribution in [3.8, 4) is 0 Å². The van der Waals surface area contributed by atoms with E-state index in [1.54, 1.807) is 6.92 Å². The smallest absolute Gasteiger partial charge is 0.255 e. The lowest BCUT2D eigenvalue weighted by Crippen LogP contribution is -2.30. The number of benzene rings is 2. The number of hydrogen-bond donors (Lipinski definition) is 2. The molecule has 0 bridgehead atoms. The van der Waals surface area contributed by atoms with Crippen LogP contribution in [-0.4, -0.2) is 20.1 Å². The molecule has 1 atom stereocenters. The molecule has 0 spiro atoms. The quantitative estimate of drug-likeness (QED) is 0.724. The molecular formula is C19H19ClF2N2O3S. The van der Waals surface area contributed by atoms with E-state index in [1.165, 1.54) is 18.2 Å². The van der Waals surface area contributed by atoms with E-state index in [4.69, 9.17) is 11.6 Å². The summed E-state index contributed by atoms with van der Waals surface area (Å²) >= 11 is 5.72. The van der Waals surface area contributed by atoms with Gasteiger partial charge in [-0.25, -0.2) is 21.9 Å². The molecule has 5 nitrogen and oxygen atoms in total. The molecule has 2 N–H and O–H groups in total. The molecule has 9 heteroatoms. The standard InChI is InChI=1S/C19H19ClF2N2O3S/c1-2-9-28(26,27)24-17-8-5-12-13(4-7-16(22)18(12)17)19(25)23-11-3-6-15(21)14(20)10-11/h3-4,6-7,10,17,24H,2,5,8-9H2,1H3,(H,23,25)/t17-/m0/s1. The summed E-state index contributed by atoms with van der Waals surface area (Å²) in [5, 5.41) is 2.48. The molecule has 28 heavy (non-hydrogen) atoms. The summed E-state index contributed by atoms with van der Waals surface area (Å²) in [6.07, 6.45) is 1.17. The second-order valence-corrected chi connectivity index (χ2v) is 8.88. The van der Waals surface area contributed by atoms with Crippen LogP contribution < -0.4 is 10.0 Å². The molecule has 150 valence electrons. The maximum Gasteiger partial charge on any atom is 0.255 e. The Labute approximate surface area is 167 Å². The van der Waals surface area contributed by atoms with Crippen molar-refractivity contribution in [1.29, 1.82) is 0 Å². The molecule has 0 saturated heterocycles. The largest absolute Gasteiger partial charge is 0.322 e. The van der Waals surface area contributed by atoms with Crippen LogP contribution >= 0.6 is 11.6 Å². The van der Waals surface area contributed by atoms with Gasteiger partial charge in [0.25, 0.3) is 5.91 Å². The summed E-state index contributed by atoms with van der Waals surface area (Å²) in [5.74, 6) is -1.72. The number of fused-ring (bicyclic) bond motifs is 1. The van der Waals surface area contributed by atoms with E-state index in [2.05, 4.69) is 10.0 Å². The number of anilines is 1. The van der Waals surface area contributed by atoms with Crippen molar-refractivity contribution in [2.75, 3.05) is 11.1 Å². The van der Waals surface area contributed by atoms with Crippen molar-refractivity contribution in [2.24, 2.45) is 0 Å². The van der Waals surface area contributed by atoms with Gasteiger partial charge in [0.15, 0.2) is 0 Å². The highest BCUT2D eigenvalue weighted by Crippen LogP contribution is 2.36. The first-order valence-electron chi connectivity index (χ1n) is 8.79. The Kier molecular flexibility index (Phi) is 6.02. The van der Waals surface area contributed by atoms with Crippen LogP contribution in [0.5, 0.6) is 0 Å². The van der Waals surface area contributed by atoms with Gasteiger partial charge in [0.1, 0.15) is 11.6 Å². The Morgan fingerprint density at radius 3 is 2.61 bits per heavy atom. The maximum absolute atomic E-state index is 14.4. The van der Waals surface area contributed by atoms with E-state index < -0.39 is 33.6 Å². The average molecular weight is 429 g/mol. The summed E-state index contributed by atoms with van der Waals surface area (Å²) in [5.41, 5.74) is 1.21. The predicted molar refractivity (Wildman–Crippen MR) is 104 cm³/mol. The second kappa shape index (κ2) is 8.14. The molecule has 0 unspecified atom stereocenters. The van der Waals surface area contributed by atoms with Crippen LogP contribution in [0.1, 0.15) is 47.3 Å². The van der Waals surface area contributed by atoms with Gasteiger partial charge in [-0.3, -0.25) is 4.79 Å². The molecule has 0 fully saturated rings. The van der Waals surface area contributed by atoms with Crippen molar-refractivity contribution >= 4 is 33.2 Å². The maximum atomic E-state index is 14.4. The zero-order chi connectivity index (χ0) is 20.5. The van der Waals surface area contributed by atoms with E-state index in [1.807, 2.05) is 0 Å². The van der Waals surface area contributed by atoms with Gasteiger partial charge in [-0.2, -0.15) is 0 Å². The third-order valence-corrected chi connectivity index (χ3v) is 6.43. The highest BCUT2D eigenvalue weighted by Gasteiger charge is 2.32.